The van der Waals surface area contributed by atoms with Crippen LogP contribution in [0.4, 0.5) is 14.5 Å². The molecule has 0 amide bonds. The number of nitrogens with zero attached hydrogens (tertiary/aromatic N) is 2. The summed E-state index contributed by atoms with van der Waals surface area (Å²) in [6.45, 7) is 1.63. The molecule has 1 saturated heterocycles. The molecule has 1 aromatic rings. The summed E-state index contributed by atoms with van der Waals surface area (Å²) in [5, 5.41) is 0. The maximum Gasteiger partial charge on any atom is 0.150 e. The van der Waals surface area contributed by atoms with Gasteiger partial charge in [-0.1, -0.05) is 12.2 Å². The molecule has 1 fully saturated rings. The van der Waals surface area contributed by atoms with Crippen LogP contribution in [0.2, 0.25) is 0 Å². The fourth-order valence-electron chi connectivity index (χ4n) is 2.69. The minimum atomic E-state index is -0.629. The Labute approximate surface area is 123 Å². The predicted octanol–water partition coefficient (Wildman–Crippen LogP) is 2.13. The fourth-order valence-corrected chi connectivity index (χ4v) is 2.81. The number of anilines is 1. The molecule has 6 heteroatoms. The zero-order chi connectivity index (χ0) is 14.9. The van der Waals surface area contributed by atoms with Gasteiger partial charge in [-0.15, -0.1) is 0 Å². The third kappa shape index (κ3) is 3.07. The lowest BCUT2D eigenvalue weighted by molar-refractivity contribution is 0.313. The first-order valence-electron chi connectivity index (χ1n) is 6.60. The Morgan fingerprint density at radius 2 is 2.05 bits per heavy atom. The third-order valence-electron chi connectivity index (χ3n) is 3.84. The van der Waals surface area contributed by atoms with Crippen molar-refractivity contribution in [3.8, 4) is 0 Å². The normalized spacial score (nSPS) is 19.3. The van der Waals surface area contributed by atoms with Gasteiger partial charge >= 0.3 is 0 Å². The van der Waals surface area contributed by atoms with E-state index < -0.39 is 11.6 Å². The van der Waals surface area contributed by atoms with E-state index >= 15 is 0 Å². The van der Waals surface area contributed by atoms with Crippen molar-refractivity contribution >= 4 is 22.9 Å². The van der Waals surface area contributed by atoms with Crippen molar-refractivity contribution < 1.29 is 8.78 Å². The van der Waals surface area contributed by atoms with Crippen LogP contribution in [0.15, 0.2) is 12.1 Å². The monoisotopic (exact) mass is 299 g/mol. The molecule has 1 heterocycles. The molecule has 1 aliphatic rings. The zero-order valence-corrected chi connectivity index (χ0v) is 12.5. The SMILES string of the molecule is CN(CC1CCCN1C)c1c(F)cc(C(N)=S)cc1F. The number of hydrogen-bond donors (Lipinski definition) is 1. The highest BCUT2D eigenvalue weighted by Gasteiger charge is 2.24. The summed E-state index contributed by atoms with van der Waals surface area (Å²) < 4.78 is 28.2. The molecule has 0 aromatic heterocycles. The zero-order valence-electron chi connectivity index (χ0n) is 11.7. The Bertz CT molecular complexity index is 498. The lowest BCUT2D eigenvalue weighted by Crippen LogP contribution is -2.37. The molecular weight excluding hydrogens is 280 g/mol. The van der Waals surface area contributed by atoms with Gasteiger partial charge in [0, 0.05) is 25.2 Å². The molecule has 1 aromatic carbocycles. The van der Waals surface area contributed by atoms with Crippen molar-refractivity contribution in [3.05, 3.63) is 29.3 Å². The smallest absolute Gasteiger partial charge is 0.150 e. The lowest BCUT2D eigenvalue weighted by Gasteiger charge is -2.28. The summed E-state index contributed by atoms with van der Waals surface area (Å²) in [6, 6.07) is 2.71. The average Bonchev–Trinajstić information content (AvgIpc) is 2.74. The van der Waals surface area contributed by atoms with Crippen LogP contribution in [0.1, 0.15) is 18.4 Å². The second-order valence-corrected chi connectivity index (χ2v) is 5.75. The van der Waals surface area contributed by atoms with Crippen LogP contribution < -0.4 is 10.6 Å². The molecule has 2 N–H and O–H groups in total. The minimum absolute atomic E-state index is 0.00692. The molecule has 1 unspecified atom stereocenters. The van der Waals surface area contributed by atoms with Gasteiger partial charge in [0.15, 0.2) is 0 Å². The maximum absolute atomic E-state index is 14.1. The van der Waals surface area contributed by atoms with Crippen LogP contribution in [0.5, 0.6) is 0 Å². The van der Waals surface area contributed by atoms with E-state index in [0.717, 1.165) is 19.4 Å². The average molecular weight is 299 g/mol. The molecule has 1 atom stereocenters. The summed E-state index contributed by atoms with van der Waals surface area (Å²) in [7, 11) is 3.74. The van der Waals surface area contributed by atoms with Crippen molar-refractivity contribution in [2.45, 2.75) is 18.9 Å². The standard InChI is InChI=1S/C14H19F2N3S/c1-18-5-3-4-10(18)8-19(2)13-11(15)6-9(14(17)20)7-12(13)16/h6-7,10H,3-5,8H2,1-2H3,(H2,17,20). The molecule has 0 radical (unpaired) electrons. The van der Waals surface area contributed by atoms with Gasteiger partial charge in [0.2, 0.25) is 0 Å². The number of likely N-dealkylation sites (N-methyl/N-ethyl adjacent to an activating group) is 2. The van der Waals surface area contributed by atoms with E-state index in [1.807, 2.05) is 7.05 Å². The Balaban J connectivity index is 2.21. The summed E-state index contributed by atoms with van der Waals surface area (Å²) in [5.41, 5.74) is 5.60. The van der Waals surface area contributed by atoms with Gasteiger partial charge in [0.05, 0.1) is 0 Å². The molecule has 1 aliphatic heterocycles. The van der Waals surface area contributed by atoms with E-state index in [-0.39, 0.29) is 16.2 Å². The van der Waals surface area contributed by atoms with E-state index in [4.69, 9.17) is 18.0 Å². The van der Waals surface area contributed by atoms with Gasteiger partial charge in [-0.05, 0) is 38.6 Å². The summed E-state index contributed by atoms with van der Waals surface area (Å²) >= 11 is 4.75. The van der Waals surface area contributed by atoms with E-state index in [1.165, 1.54) is 12.1 Å². The van der Waals surface area contributed by atoms with Crippen molar-refractivity contribution in [2.24, 2.45) is 5.73 Å². The van der Waals surface area contributed by atoms with Crippen LogP contribution in [0.25, 0.3) is 0 Å². The van der Waals surface area contributed by atoms with Crippen LogP contribution in [0, 0.1) is 11.6 Å². The Morgan fingerprint density at radius 3 is 2.50 bits per heavy atom. The van der Waals surface area contributed by atoms with Crippen LogP contribution in [-0.2, 0) is 0 Å². The molecular formula is C14H19F2N3S. The Morgan fingerprint density at radius 1 is 1.45 bits per heavy atom. The first-order chi connectivity index (χ1) is 9.40. The van der Waals surface area contributed by atoms with E-state index in [2.05, 4.69) is 4.90 Å². The van der Waals surface area contributed by atoms with Gasteiger partial charge < -0.3 is 15.5 Å². The maximum atomic E-state index is 14.1. The van der Waals surface area contributed by atoms with Gasteiger partial charge in [-0.25, -0.2) is 8.78 Å². The Hall–Kier alpha value is -1.27. The number of benzene rings is 1. The van der Waals surface area contributed by atoms with E-state index in [1.54, 1.807) is 11.9 Å². The molecule has 20 heavy (non-hydrogen) atoms. The van der Waals surface area contributed by atoms with Crippen LogP contribution in [0.3, 0.4) is 0 Å². The molecule has 0 aliphatic carbocycles. The van der Waals surface area contributed by atoms with Gasteiger partial charge in [-0.2, -0.15) is 0 Å². The number of thiocarbonyl (C=S) groups is 1. The topological polar surface area (TPSA) is 32.5 Å². The quantitative estimate of drug-likeness (QED) is 0.863. The molecule has 0 spiro atoms. The second kappa shape index (κ2) is 6.01. The summed E-state index contributed by atoms with van der Waals surface area (Å²) in [5.74, 6) is -1.26. The van der Waals surface area contributed by atoms with E-state index in [0.29, 0.717) is 12.6 Å². The van der Waals surface area contributed by atoms with E-state index in [9.17, 15) is 8.78 Å². The van der Waals surface area contributed by atoms with Crippen molar-refractivity contribution in [1.82, 2.24) is 4.90 Å². The van der Waals surface area contributed by atoms with Crippen LogP contribution in [-0.4, -0.2) is 43.1 Å². The highest BCUT2D eigenvalue weighted by molar-refractivity contribution is 7.80. The number of rotatable bonds is 4. The fraction of sp³-hybridized carbons (Fsp3) is 0.500. The number of hydrogen-bond acceptors (Lipinski definition) is 3. The molecule has 0 saturated carbocycles. The van der Waals surface area contributed by atoms with Crippen molar-refractivity contribution in [2.75, 3.05) is 32.1 Å². The summed E-state index contributed by atoms with van der Waals surface area (Å²) in [4.78, 5) is 3.84. The molecule has 0 bridgehead atoms. The van der Waals surface area contributed by atoms with Crippen molar-refractivity contribution in [1.29, 1.82) is 0 Å². The van der Waals surface area contributed by atoms with Crippen LogP contribution >= 0.6 is 12.2 Å². The van der Waals surface area contributed by atoms with Gasteiger partial charge in [0.1, 0.15) is 22.3 Å². The lowest BCUT2D eigenvalue weighted by atomic mass is 10.1. The third-order valence-corrected chi connectivity index (χ3v) is 4.07. The first kappa shape index (κ1) is 15.1. The summed E-state index contributed by atoms with van der Waals surface area (Å²) in [6.07, 6.45) is 2.18. The number of likely N-dealkylation sites (tertiary alicyclic amines) is 1. The largest absolute Gasteiger partial charge is 0.389 e. The predicted molar refractivity (Wildman–Crippen MR) is 81.2 cm³/mol. The van der Waals surface area contributed by atoms with Gasteiger partial charge in [0.25, 0.3) is 0 Å². The number of nitrogens with two attached hydrogens (primary N) is 1. The molecule has 3 nitrogen and oxygen atoms in total. The highest BCUT2D eigenvalue weighted by atomic mass is 32.1. The first-order valence-corrected chi connectivity index (χ1v) is 7.01. The van der Waals surface area contributed by atoms with Crippen molar-refractivity contribution in [3.63, 3.8) is 0 Å². The second-order valence-electron chi connectivity index (χ2n) is 5.31. The highest BCUT2D eigenvalue weighted by Crippen LogP contribution is 2.26. The minimum Gasteiger partial charge on any atom is -0.389 e. The molecule has 2 rings (SSSR count). The van der Waals surface area contributed by atoms with Gasteiger partial charge in [-0.3, -0.25) is 0 Å². The number of halogens is 2. The molecule has 110 valence electrons. The Kier molecular flexibility index (Phi) is 4.55.